The number of carbonyl (C=O) groups is 1. The lowest BCUT2D eigenvalue weighted by Crippen LogP contribution is -2.51. The molecule has 0 bridgehead atoms. The Bertz CT molecular complexity index is 703. The van der Waals surface area contributed by atoms with Crippen LogP contribution in [-0.4, -0.2) is 28.9 Å². The number of alkyl halides is 2. The molecule has 23 heavy (non-hydrogen) atoms. The summed E-state index contributed by atoms with van der Waals surface area (Å²) in [7, 11) is 1.97. The Balaban J connectivity index is 1.88. The number of amides is 1. The van der Waals surface area contributed by atoms with Gasteiger partial charge in [0.1, 0.15) is 0 Å². The fourth-order valence-corrected chi connectivity index (χ4v) is 3.79. The van der Waals surface area contributed by atoms with E-state index in [1.54, 1.807) is 24.3 Å². The summed E-state index contributed by atoms with van der Waals surface area (Å²) in [5, 5.41) is 2.76. The molecule has 1 aliphatic heterocycles. The van der Waals surface area contributed by atoms with Crippen molar-refractivity contribution in [2.75, 3.05) is 13.6 Å². The maximum absolute atomic E-state index is 12.4. The second-order valence-corrected chi connectivity index (χ2v) is 7.16. The van der Waals surface area contributed by atoms with Gasteiger partial charge in [0.05, 0.1) is 6.04 Å². The summed E-state index contributed by atoms with van der Waals surface area (Å²) < 4.78 is -1.42. The van der Waals surface area contributed by atoms with Crippen LogP contribution in [0.1, 0.15) is 27.5 Å². The van der Waals surface area contributed by atoms with Crippen LogP contribution in [0.3, 0.4) is 0 Å². The van der Waals surface area contributed by atoms with Crippen LogP contribution in [0.4, 0.5) is 0 Å². The molecule has 120 valence electrons. The Hall–Kier alpha value is -1.55. The van der Waals surface area contributed by atoms with Crippen LogP contribution in [0.25, 0.3) is 0 Å². The van der Waals surface area contributed by atoms with E-state index in [9.17, 15) is 4.79 Å². The number of hydrogen-bond donors (Lipinski definition) is 1. The molecule has 3 nitrogen and oxygen atoms in total. The smallest absolute Gasteiger partial charge is 0.253 e. The number of rotatable bonds is 3. The van der Waals surface area contributed by atoms with Gasteiger partial charge in [0.25, 0.3) is 5.91 Å². The van der Waals surface area contributed by atoms with Crippen LogP contribution in [0.5, 0.6) is 0 Å². The Morgan fingerprint density at radius 2 is 1.78 bits per heavy atom. The molecule has 1 amide bonds. The van der Waals surface area contributed by atoms with Crippen molar-refractivity contribution in [3.05, 3.63) is 71.3 Å². The predicted molar refractivity (Wildman–Crippen MR) is 93.9 cm³/mol. The first-order valence-corrected chi connectivity index (χ1v) is 8.28. The van der Waals surface area contributed by atoms with Crippen molar-refractivity contribution in [2.45, 2.75) is 16.9 Å². The third kappa shape index (κ3) is 3.37. The molecular formula is C18H18Cl2N2O. The number of nitrogens with zero attached hydrogens (tertiary/aromatic N) is 1. The molecule has 3 rings (SSSR count). The van der Waals surface area contributed by atoms with Gasteiger partial charge in [-0.05, 0) is 36.7 Å². The highest BCUT2D eigenvalue weighted by Gasteiger charge is 2.42. The van der Waals surface area contributed by atoms with E-state index in [1.807, 2.05) is 31.3 Å². The zero-order chi connectivity index (χ0) is 16.4. The summed E-state index contributed by atoms with van der Waals surface area (Å²) in [6, 6.07) is 16.7. The molecule has 1 N–H and O–H groups in total. The van der Waals surface area contributed by atoms with Crippen LogP contribution < -0.4 is 5.32 Å². The Labute approximate surface area is 146 Å². The van der Waals surface area contributed by atoms with Gasteiger partial charge >= 0.3 is 0 Å². The predicted octanol–water partition coefficient (Wildman–Crippen LogP) is 3.78. The first-order chi connectivity index (χ1) is 11.0. The van der Waals surface area contributed by atoms with E-state index in [0.29, 0.717) is 5.56 Å². The quantitative estimate of drug-likeness (QED) is 0.676. The Morgan fingerprint density at radius 1 is 1.13 bits per heavy atom. The van der Waals surface area contributed by atoms with Gasteiger partial charge in [0.15, 0.2) is 0 Å². The maximum atomic E-state index is 12.4. The number of hydrogen-bond acceptors (Lipinski definition) is 2. The standard InChI is InChI=1S/C18H18Cl2N2O/c1-22-12-11-13-7-5-6-10-15(13)16(22)18(19,20)21-17(23)14-8-3-2-4-9-14/h2-10,16H,11-12H2,1H3,(H,21,23). The largest absolute Gasteiger partial charge is 0.319 e. The van der Waals surface area contributed by atoms with Crippen LogP contribution in [0, 0.1) is 0 Å². The monoisotopic (exact) mass is 348 g/mol. The zero-order valence-electron chi connectivity index (χ0n) is 12.8. The van der Waals surface area contributed by atoms with Gasteiger partial charge in [0, 0.05) is 12.1 Å². The van der Waals surface area contributed by atoms with E-state index in [-0.39, 0.29) is 11.9 Å². The summed E-state index contributed by atoms with van der Waals surface area (Å²) in [5.74, 6) is -0.285. The molecule has 5 heteroatoms. The minimum atomic E-state index is -1.42. The normalized spacial score (nSPS) is 18.3. The van der Waals surface area contributed by atoms with Gasteiger partial charge in [-0.2, -0.15) is 0 Å². The molecule has 1 atom stereocenters. The van der Waals surface area contributed by atoms with Crippen LogP contribution in [-0.2, 0) is 6.42 Å². The lowest BCUT2D eigenvalue weighted by molar-refractivity contribution is 0.0910. The highest BCUT2D eigenvalue weighted by atomic mass is 35.5. The Morgan fingerprint density at radius 3 is 2.52 bits per heavy atom. The van der Waals surface area contributed by atoms with Crippen molar-refractivity contribution < 1.29 is 4.79 Å². The fraction of sp³-hybridized carbons (Fsp3) is 0.278. The molecule has 0 spiro atoms. The topological polar surface area (TPSA) is 32.3 Å². The molecule has 1 aliphatic rings. The van der Waals surface area contributed by atoms with Crippen molar-refractivity contribution in [3.8, 4) is 0 Å². The van der Waals surface area contributed by atoms with Gasteiger partial charge in [-0.3, -0.25) is 9.69 Å². The molecule has 0 fully saturated rings. The summed E-state index contributed by atoms with van der Waals surface area (Å²) in [4.78, 5) is 14.5. The number of halogens is 2. The van der Waals surface area contributed by atoms with Gasteiger partial charge in [-0.25, -0.2) is 0 Å². The molecular weight excluding hydrogens is 331 g/mol. The van der Waals surface area contributed by atoms with E-state index in [4.69, 9.17) is 23.2 Å². The van der Waals surface area contributed by atoms with Crippen molar-refractivity contribution >= 4 is 29.1 Å². The zero-order valence-corrected chi connectivity index (χ0v) is 14.3. The lowest BCUT2D eigenvalue weighted by atomic mass is 9.92. The number of benzene rings is 2. The minimum Gasteiger partial charge on any atom is -0.319 e. The van der Waals surface area contributed by atoms with Crippen molar-refractivity contribution in [1.82, 2.24) is 10.2 Å². The molecule has 1 heterocycles. The number of fused-ring (bicyclic) bond motifs is 1. The van der Waals surface area contributed by atoms with E-state index in [0.717, 1.165) is 18.5 Å². The molecule has 0 aliphatic carbocycles. The molecule has 0 radical (unpaired) electrons. The molecule has 1 unspecified atom stereocenters. The van der Waals surface area contributed by atoms with Crippen molar-refractivity contribution in [1.29, 1.82) is 0 Å². The molecule has 0 saturated heterocycles. The number of carbonyl (C=O) groups excluding carboxylic acids is 1. The van der Waals surface area contributed by atoms with Gasteiger partial charge in [0.2, 0.25) is 4.46 Å². The third-order valence-electron chi connectivity index (χ3n) is 4.18. The van der Waals surface area contributed by atoms with Crippen molar-refractivity contribution in [3.63, 3.8) is 0 Å². The highest BCUT2D eigenvalue weighted by Crippen LogP contribution is 2.41. The second kappa shape index (κ2) is 6.52. The highest BCUT2D eigenvalue weighted by molar-refractivity contribution is 6.49. The van der Waals surface area contributed by atoms with Crippen LogP contribution in [0.15, 0.2) is 54.6 Å². The molecule has 2 aromatic carbocycles. The molecule has 0 aromatic heterocycles. The number of likely N-dealkylation sites (N-methyl/N-ethyl adjacent to an activating group) is 1. The molecule has 2 aromatic rings. The Kier molecular flexibility index (Phi) is 4.62. The minimum absolute atomic E-state index is 0.285. The van der Waals surface area contributed by atoms with E-state index in [2.05, 4.69) is 16.3 Å². The summed E-state index contributed by atoms with van der Waals surface area (Å²) in [6.07, 6.45) is 0.944. The summed E-state index contributed by atoms with van der Waals surface area (Å²) in [6.45, 7) is 0.837. The first-order valence-electron chi connectivity index (χ1n) is 7.52. The lowest BCUT2D eigenvalue weighted by Gasteiger charge is -2.41. The molecule has 0 saturated carbocycles. The van der Waals surface area contributed by atoms with Gasteiger partial charge < -0.3 is 5.32 Å². The average Bonchev–Trinajstić information content (AvgIpc) is 2.54. The summed E-state index contributed by atoms with van der Waals surface area (Å²) >= 11 is 13.1. The number of nitrogens with one attached hydrogen (secondary N) is 1. The van der Waals surface area contributed by atoms with E-state index in [1.165, 1.54) is 5.56 Å². The SMILES string of the molecule is CN1CCc2ccccc2C1C(Cl)(Cl)NC(=O)c1ccccc1. The van der Waals surface area contributed by atoms with Gasteiger partial charge in [-0.15, -0.1) is 0 Å². The fourth-order valence-electron chi connectivity index (χ4n) is 3.05. The van der Waals surface area contributed by atoms with Gasteiger partial charge in [-0.1, -0.05) is 65.7 Å². The van der Waals surface area contributed by atoms with Crippen LogP contribution in [0.2, 0.25) is 0 Å². The first kappa shape index (κ1) is 16.3. The average molecular weight is 349 g/mol. The van der Waals surface area contributed by atoms with Crippen LogP contribution >= 0.6 is 23.2 Å². The van der Waals surface area contributed by atoms with Crippen molar-refractivity contribution in [2.24, 2.45) is 0 Å². The third-order valence-corrected chi connectivity index (χ3v) is 4.79. The maximum Gasteiger partial charge on any atom is 0.253 e. The van der Waals surface area contributed by atoms with E-state index < -0.39 is 4.46 Å². The second-order valence-electron chi connectivity index (χ2n) is 5.78. The summed E-state index contributed by atoms with van der Waals surface area (Å²) in [5.41, 5.74) is 2.81. The van der Waals surface area contributed by atoms with E-state index >= 15 is 0 Å².